The summed E-state index contributed by atoms with van der Waals surface area (Å²) in [5.74, 6) is 3.13. The van der Waals surface area contributed by atoms with Gasteiger partial charge in [0, 0.05) is 11.4 Å². The zero-order valence-electron chi connectivity index (χ0n) is 10.7. The second-order valence-corrected chi connectivity index (χ2v) is 6.79. The van der Waals surface area contributed by atoms with Gasteiger partial charge in [0.25, 0.3) is 0 Å². The highest BCUT2D eigenvalue weighted by molar-refractivity contribution is 7.10. The largest absolute Gasteiger partial charge is 0.312 e. The van der Waals surface area contributed by atoms with Crippen molar-refractivity contribution >= 4 is 11.3 Å². The lowest BCUT2D eigenvalue weighted by molar-refractivity contribution is 0.319. The highest BCUT2D eigenvalue weighted by Crippen LogP contribution is 2.47. The van der Waals surface area contributed by atoms with Crippen LogP contribution < -0.4 is 5.32 Å². The standard InChI is InChI=1S/C15H23NS/c1-2-12-5-6-17-15(12)10-16-9-14-8-11-3-4-13(14)7-11/h5-6,11,13-14,16H,2-4,7-10H2,1H3. The van der Waals surface area contributed by atoms with Gasteiger partial charge < -0.3 is 5.32 Å². The Morgan fingerprint density at radius 2 is 2.29 bits per heavy atom. The molecule has 2 bridgehead atoms. The summed E-state index contributed by atoms with van der Waals surface area (Å²) in [5, 5.41) is 5.93. The van der Waals surface area contributed by atoms with Crippen molar-refractivity contribution in [1.29, 1.82) is 0 Å². The van der Waals surface area contributed by atoms with Crippen molar-refractivity contribution < 1.29 is 0 Å². The average molecular weight is 249 g/mol. The van der Waals surface area contributed by atoms with Gasteiger partial charge in [-0.1, -0.05) is 13.3 Å². The molecule has 0 amide bonds. The predicted octanol–water partition coefficient (Wildman–Crippen LogP) is 3.84. The highest BCUT2D eigenvalue weighted by atomic mass is 32.1. The number of hydrogen-bond acceptors (Lipinski definition) is 2. The Kier molecular flexibility index (Phi) is 3.53. The molecule has 2 heteroatoms. The molecule has 0 saturated heterocycles. The topological polar surface area (TPSA) is 12.0 Å². The monoisotopic (exact) mass is 249 g/mol. The van der Waals surface area contributed by atoms with Crippen molar-refractivity contribution in [3.8, 4) is 0 Å². The van der Waals surface area contributed by atoms with Crippen LogP contribution in [0.25, 0.3) is 0 Å². The summed E-state index contributed by atoms with van der Waals surface area (Å²) in [6.07, 6.45) is 7.24. The molecule has 0 radical (unpaired) electrons. The Morgan fingerprint density at radius 1 is 1.35 bits per heavy atom. The number of thiophene rings is 1. The van der Waals surface area contributed by atoms with Crippen LogP contribution in [0.3, 0.4) is 0 Å². The SMILES string of the molecule is CCc1ccsc1CNCC1CC2CCC1C2. The highest BCUT2D eigenvalue weighted by Gasteiger charge is 2.38. The molecule has 1 N–H and O–H groups in total. The first kappa shape index (κ1) is 11.7. The molecule has 2 fully saturated rings. The van der Waals surface area contributed by atoms with Crippen LogP contribution in [0.5, 0.6) is 0 Å². The van der Waals surface area contributed by atoms with Gasteiger partial charge in [-0.3, -0.25) is 0 Å². The molecular formula is C15H23NS. The second kappa shape index (κ2) is 5.11. The minimum atomic E-state index is 0.985. The smallest absolute Gasteiger partial charge is 0.0302 e. The van der Waals surface area contributed by atoms with Crippen molar-refractivity contribution in [3.63, 3.8) is 0 Å². The molecule has 0 spiro atoms. The summed E-state index contributed by atoms with van der Waals surface area (Å²) >= 11 is 1.91. The molecule has 3 atom stereocenters. The molecule has 1 nitrogen and oxygen atoms in total. The summed E-state index contributed by atoms with van der Waals surface area (Å²) in [5.41, 5.74) is 1.54. The Morgan fingerprint density at radius 3 is 3.00 bits per heavy atom. The maximum atomic E-state index is 3.70. The maximum absolute atomic E-state index is 3.70. The molecule has 2 aliphatic carbocycles. The van der Waals surface area contributed by atoms with Crippen LogP contribution in [0, 0.1) is 17.8 Å². The molecule has 94 valence electrons. The number of rotatable bonds is 5. The Labute approximate surface area is 109 Å². The first-order valence-corrected chi connectivity index (χ1v) is 8.00. The molecule has 3 rings (SSSR count). The van der Waals surface area contributed by atoms with Gasteiger partial charge in [0.1, 0.15) is 0 Å². The number of hydrogen-bond donors (Lipinski definition) is 1. The minimum absolute atomic E-state index is 0.985. The molecule has 3 unspecified atom stereocenters. The molecule has 17 heavy (non-hydrogen) atoms. The van der Waals surface area contributed by atoms with E-state index in [1.807, 2.05) is 11.3 Å². The lowest BCUT2D eigenvalue weighted by atomic mass is 9.89. The molecular weight excluding hydrogens is 226 g/mol. The molecule has 1 aromatic heterocycles. The Balaban J connectivity index is 1.46. The summed E-state index contributed by atoms with van der Waals surface area (Å²) in [6, 6.07) is 2.28. The predicted molar refractivity (Wildman–Crippen MR) is 74.3 cm³/mol. The fourth-order valence-electron chi connectivity index (χ4n) is 3.83. The normalized spacial score (nSPS) is 31.2. The van der Waals surface area contributed by atoms with Crippen LogP contribution >= 0.6 is 11.3 Å². The molecule has 0 aliphatic heterocycles. The fourth-order valence-corrected chi connectivity index (χ4v) is 4.78. The number of nitrogens with one attached hydrogen (secondary N) is 1. The van der Waals surface area contributed by atoms with Crippen LogP contribution in [-0.2, 0) is 13.0 Å². The van der Waals surface area contributed by atoms with E-state index in [1.54, 1.807) is 4.88 Å². The van der Waals surface area contributed by atoms with E-state index >= 15 is 0 Å². The van der Waals surface area contributed by atoms with E-state index in [2.05, 4.69) is 23.7 Å². The van der Waals surface area contributed by atoms with Crippen LogP contribution in [-0.4, -0.2) is 6.54 Å². The number of fused-ring (bicyclic) bond motifs is 2. The van der Waals surface area contributed by atoms with Crippen LogP contribution in [0.1, 0.15) is 43.0 Å². The van der Waals surface area contributed by atoms with Gasteiger partial charge in [-0.05, 0) is 67.0 Å². The second-order valence-electron chi connectivity index (χ2n) is 5.79. The number of aryl methyl sites for hydroxylation is 1. The minimum Gasteiger partial charge on any atom is -0.312 e. The zero-order valence-corrected chi connectivity index (χ0v) is 11.6. The van der Waals surface area contributed by atoms with Gasteiger partial charge in [0.05, 0.1) is 0 Å². The van der Waals surface area contributed by atoms with Crippen molar-refractivity contribution in [2.45, 2.75) is 45.6 Å². The molecule has 1 aromatic rings. The molecule has 2 aliphatic rings. The lowest BCUT2D eigenvalue weighted by Gasteiger charge is -2.21. The molecule has 0 aromatic carbocycles. The summed E-state index contributed by atoms with van der Waals surface area (Å²) < 4.78 is 0. The third-order valence-corrected chi connectivity index (χ3v) is 5.76. The summed E-state index contributed by atoms with van der Waals surface area (Å²) in [6.45, 7) is 4.60. The van der Waals surface area contributed by atoms with Crippen molar-refractivity contribution in [3.05, 3.63) is 21.9 Å². The van der Waals surface area contributed by atoms with E-state index in [-0.39, 0.29) is 0 Å². The van der Waals surface area contributed by atoms with Crippen molar-refractivity contribution in [1.82, 2.24) is 5.32 Å². The average Bonchev–Trinajstić information content (AvgIpc) is 3.04. The fraction of sp³-hybridized carbons (Fsp3) is 0.733. The first-order valence-electron chi connectivity index (χ1n) is 7.12. The van der Waals surface area contributed by atoms with Gasteiger partial charge >= 0.3 is 0 Å². The van der Waals surface area contributed by atoms with Crippen molar-refractivity contribution in [2.75, 3.05) is 6.54 Å². The third-order valence-electron chi connectivity index (χ3n) is 4.80. The maximum Gasteiger partial charge on any atom is 0.0302 e. The van der Waals surface area contributed by atoms with Crippen LogP contribution in [0.15, 0.2) is 11.4 Å². The van der Waals surface area contributed by atoms with Gasteiger partial charge in [-0.2, -0.15) is 0 Å². The summed E-state index contributed by atoms with van der Waals surface area (Å²) in [4.78, 5) is 1.55. The zero-order chi connectivity index (χ0) is 11.7. The third kappa shape index (κ3) is 2.43. The van der Waals surface area contributed by atoms with E-state index in [0.29, 0.717) is 0 Å². The Bertz CT molecular complexity index is 371. The van der Waals surface area contributed by atoms with E-state index in [0.717, 1.165) is 24.3 Å². The Hall–Kier alpha value is -0.340. The van der Waals surface area contributed by atoms with Gasteiger partial charge in [-0.15, -0.1) is 11.3 Å². The van der Waals surface area contributed by atoms with Gasteiger partial charge in [0.15, 0.2) is 0 Å². The molecule has 1 heterocycles. The molecule has 2 saturated carbocycles. The van der Waals surface area contributed by atoms with E-state index < -0.39 is 0 Å². The van der Waals surface area contributed by atoms with Crippen molar-refractivity contribution in [2.24, 2.45) is 17.8 Å². The van der Waals surface area contributed by atoms with Gasteiger partial charge in [-0.25, -0.2) is 0 Å². The van der Waals surface area contributed by atoms with Gasteiger partial charge in [0.2, 0.25) is 0 Å². The van der Waals surface area contributed by atoms with E-state index in [9.17, 15) is 0 Å². The lowest BCUT2D eigenvalue weighted by Crippen LogP contribution is -2.26. The van der Waals surface area contributed by atoms with E-state index in [4.69, 9.17) is 0 Å². The first-order chi connectivity index (χ1) is 8.36. The van der Waals surface area contributed by atoms with Crippen LogP contribution in [0.2, 0.25) is 0 Å². The van der Waals surface area contributed by atoms with Crippen LogP contribution in [0.4, 0.5) is 0 Å². The van der Waals surface area contributed by atoms with E-state index in [1.165, 1.54) is 44.2 Å². The quantitative estimate of drug-likeness (QED) is 0.836. The summed E-state index contributed by atoms with van der Waals surface area (Å²) in [7, 11) is 0.